The third kappa shape index (κ3) is 6.85. The number of thioether (sulfide) groups is 1. The molecule has 0 saturated carbocycles. The van der Waals surface area contributed by atoms with E-state index in [0.29, 0.717) is 6.42 Å². The van der Waals surface area contributed by atoms with Crippen LogP contribution in [0.25, 0.3) is 0 Å². The second-order valence-electron chi connectivity index (χ2n) is 4.11. The van der Waals surface area contributed by atoms with E-state index in [-0.39, 0.29) is 11.9 Å². The molecule has 0 bridgehead atoms. The smallest absolute Gasteiger partial charge is 0.307 e. The van der Waals surface area contributed by atoms with Crippen LogP contribution in [0.3, 0.4) is 0 Å². The molecule has 3 heteroatoms. The predicted molar refractivity (Wildman–Crippen MR) is 61.2 cm³/mol. The van der Waals surface area contributed by atoms with Gasteiger partial charge in [0, 0.05) is 11.7 Å². The van der Waals surface area contributed by atoms with Gasteiger partial charge in [0.1, 0.15) is 5.60 Å². The summed E-state index contributed by atoms with van der Waals surface area (Å²) in [5.74, 6) is 3.17. The maximum absolute atomic E-state index is 11.4. The van der Waals surface area contributed by atoms with Crippen LogP contribution in [0.5, 0.6) is 0 Å². The van der Waals surface area contributed by atoms with Gasteiger partial charge in [0.25, 0.3) is 0 Å². The number of esters is 1. The zero-order chi connectivity index (χ0) is 11.2. The van der Waals surface area contributed by atoms with Crippen LogP contribution < -0.4 is 0 Å². The summed E-state index contributed by atoms with van der Waals surface area (Å²) >= 11 is 1.64. The molecule has 0 aliphatic heterocycles. The zero-order valence-electron chi connectivity index (χ0n) is 9.29. The predicted octanol–water partition coefficient (Wildman–Crippen LogP) is 2.33. The first-order chi connectivity index (χ1) is 6.39. The molecule has 0 heterocycles. The third-order valence-electron chi connectivity index (χ3n) is 1.44. The van der Waals surface area contributed by atoms with Gasteiger partial charge >= 0.3 is 5.97 Å². The summed E-state index contributed by atoms with van der Waals surface area (Å²) in [7, 11) is 0. The maximum atomic E-state index is 11.4. The Balaban J connectivity index is 3.99. The van der Waals surface area contributed by atoms with E-state index in [1.54, 1.807) is 11.8 Å². The average molecular weight is 214 g/mol. The number of rotatable bonds is 4. The maximum Gasteiger partial charge on any atom is 0.307 e. The topological polar surface area (TPSA) is 26.3 Å². The van der Waals surface area contributed by atoms with E-state index in [0.717, 1.165) is 5.75 Å². The molecule has 0 fully saturated rings. The molecule has 0 spiro atoms. The summed E-state index contributed by atoms with van der Waals surface area (Å²) in [5, 5.41) is 0. The number of hydrogen-bond acceptors (Lipinski definition) is 3. The molecule has 80 valence electrons. The van der Waals surface area contributed by atoms with E-state index in [9.17, 15) is 4.79 Å². The molecule has 0 aromatic heterocycles. The fraction of sp³-hybridized carbons (Fsp3) is 0.727. The summed E-state index contributed by atoms with van der Waals surface area (Å²) in [6.45, 7) is 5.55. The van der Waals surface area contributed by atoms with E-state index in [2.05, 4.69) is 5.92 Å². The second kappa shape index (κ2) is 5.98. The van der Waals surface area contributed by atoms with Crippen molar-refractivity contribution < 1.29 is 9.53 Å². The van der Waals surface area contributed by atoms with Crippen molar-refractivity contribution in [2.75, 3.05) is 12.0 Å². The number of carbonyl (C=O) groups is 1. The van der Waals surface area contributed by atoms with Crippen LogP contribution in [0.15, 0.2) is 0 Å². The van der Waals surface area contributed by atoms with Gasteiger partial charge in [-0.05, 0) is 27.0 Å². The van der Waals surface area contributed by atoms with Gasteiger partial charge in [0.15, 0.2) is 0 Å². The lowest BCUT2D eigenvalue weighted by molar-refractivity contribution is -0.155. The van der Waals surface area contributed by atoms with Gasteiger partial charge in [-0.15, -0.1) is 12.3 Å². The molecule has 0 amide bonds. The zero-order valence-corrected chi connectivity index (χ0v) is 10.1. The van der Waals surface area contributed by atoms with E-state index >= 15 is 0 Å². The lowest BCUT2D eigenvalue weighted by Crippen LogP contribution is -2.25. The van der Waals surface area contributed by atoms with Crippen LogP contribution in [-0.4, -0.2) is 23.6 Å². The third-order valence-corrected chi connectivity index (χ3v) is 2.17. The van der Waals surface area contributed by atoms with Crippen LogP contribution in [0.4, 0.5) is 0 Å². The van der Waals surface area contributed by atoms with Crippen molar-refractivity contribution in [3.63, 3.8) is 0 Å². The van der Waals surface area contributed by atoms with E-state index in [1.807, 2.05) is 27.0 Å². The monoisotopic (exact) mass is 214 g/mol. The highest BCUT2D eigenvalue weighted by molar-refractivity contribution is 7.98. The van der Waals surface area contributed by atoms with Gasteiger partial charge in [-0.3, -0.25) is 4.79 Å². The Morgan fingerprint density at radius 2 is 2.14 bits per heavy atom. The molecule has 0 N–H and O–H groups in total. The van der Waals surface area contributed by atoms with Crippen LogP contribution in [-0.2, 0) is 9.53 Å². The van der Waals surface area contributed by atoms with Crippen molar-refractivity contribution in [1.29, 1.82) is 0 Å². The molecule has 2 nitrogen and oxygen atoms in total. The van der Waals surface area contributed by atoms with E-state index in [4.69, 9.17) is 11.2 Å². The van der Waals surface area contributed by atoms with Crippen LogP contribution in [0.1, 0.15) is 27.2 Å². The normalized spacial score (nSPS) is 13.1. The minimum absolute atomic E-state index is 0.0140. The first kappa shape index (κ1) is 13.4. The lowest BCUT2D eigenvalue weighted by Gasteiger charge is -2.20. The van der Waals surface area contributed by atoms with Gasteiger partial charge in [-0.1, -0.05) is 0 Å². The highest BCUT2D eigenvalue weighted by atomic mass is 32.2. The summed E-state index contributed by atoms with van der Waals surface area (Å²) < 4.78 is 5.17. The Hall–Kier alpha value is -0.620. The van der Waals surface area contributed by atoms with Gasteiger partial charge < -0.3 is 4.74 Å². The summed E-state index contributed by atoms with van der Waals surface area (Å²) in [6.07, 6.45) is 7.59. The molecule has 0 radical (unpaired) electrons. The molecule has 0 aromatic carbocycles. The highest BCUT2D eigenvalue weighted by Crippen LogP contribution is 2.14. The Morgan fingerprint density at radius 3 is 2.50 bits per heavy atom. The van der Waals surface area contributed by atoms with Crippen LogP contribution >= 0.6 is 11.8 Å². The molecule has 14 heavy (non-hydrogen) atoms. The van der Waals surface area contributed by atoms with E-state index < -0.39 is 5.60 Å². The largest absolute Gasteiger partial charge is 0.460 e. The second-order valence-corrected chi connectivity index (χ2v) is 5.02. The molecule has 0 rings (SSSR count). The molecule has 0 saturated heterocycles. The fourth-order valence-corrected chi connectivity index (χ4v) is 1.57. The molecule has 0 aliphatic rings. The van der Waals surface area contributed by atoms with Crippen LogP contribution in [0, 0.1) is 18.3 Å². The van der Waals surface area contributed by atoms with E-state index in [1.165, 1.54) is 0 Å². The number of terminal acetylenes is 1. The van der Waals surface area contributed by atoms with Gasteiger partial charge in [0.05, 0.1) is 6.42 Å². The molecule has 1 atom stereocenters. The Morgan fingerprint density at radius 1 is 1.57 bits per heavy atom. The average Bonchev–Trinajstić information content (AvgIpc) is 2.00. The fourth-order valence-electron chi connectivity index (χ4n) is 0.952. The van der Waals surface area contributed by atoms with Crippen molar-refractivity contribution in [2.45, 2.75) is 32.8 Å². The summed E-state index contributed by atoms with van der Waals surface area (Å²) in [6, 6.07) is 0. The molecular formula is C11H18O2S. The lowest BCUT2D eigenvalue weighted by atomic mass is 10.1. The number of hydrogen-bond donors (Lipinski definition) is 0. The standard InChI is InChI=1S/C11H18O2S/c1-6-9(8-14-5)7-10(12)13-11(2,3)4/h1,9H,7-8H2,2-5H3/t9-/m0/s1. The quantitative estimate of drug-likeness (QED) is 0.531. The minimum atomic E-state index is -0.421. The van der Waals surface area contributed by atoms with Crippen molar-refractivity contribution in [1.82, 2.24) is 0 Å². The summed E-state index contributed by atoms with van der Waals surface area (Å²) in [5.41, 5.74) is -0.421. The molecule has 0 aliphatic carbocycles. The van der Waals surface area contributed by atoms with Gasteiger partial charge in [-0.2, -0.15) is 11.8 Å². The van der Waals surface area contributed by atoms with Gasteiger partial charge in [0.2, 0.25) is 0 Å². The highest BCUT2D eigenvalue weighted by Gasteiger charge is 2.18. The van der Waals surface area contributed by atoms with Crippen LogP contribution in [0.2, 0.25) is 0 Å². The summed E-state index contributed by atoms with van der Waals surface area (Å²) in [4.78, 5) is 11.4. The molecule has 0 aromatic rings. The van der Waals surface area contributed by atoms with Crippen molar-refractivity contribution in [3.8, 4) is 12.3 Å². The Labute approximate surface area is 90.8 Å². The number of ether oxygens (including phenoxy) is 1. The first-order valence-corrected chi connectivity index (χ1v) is 5.95. The minimum Gasteiger partial charge on any atom is -0.460 e. The molecule has 0 unspecified atom stereocenters. The Kier molecular flexibility index (Phi) is 5.71. The first-order valence-electron chi connectivity index (χ1n) is 4.56. The van der Waals surface area contributed by atoms with Crippen molar-refractivity contribution >= 4 is 17.7 Å². The van der Waals surface area contributed by atoms with Crippen molar-refractivity contribution in [2.24, 2.45) is 5.92 Å². The Bertz CT molecular complexity index is 222. The SMILES string of the molecule is C#C[C@H](CSC)CC(=O)OC(C)(C)C. The van der Waals surface area contributed by atoms with Gasteiger partial charge in [-0.25, -0.2) is 0 Å². The van der Waals surface area contributed by atoms with Crippen molar-refractivity contribution in [3.05, 3.63) is 0 Å². The number of carbonyl (C=O) groups excluding carboxylic acids is 1. The molecular weight excluding hydrogens is 196 g/mol.